The van der Waals surface area contributed by atoms with Gasteiger partial charge in [-0.3, -0.25) is 0 Å². The fourth-order valence-corrected chi connectivity index (χ4v) is 2.40. The number of hydrogen-bond donors (Lipinski definition) is 0. The van der Waals surface area contributed by atoms with Gasteiger partial charge in [-0.05, 0) is 24.2 Å². The van der Waals surface area contributed by atoms with Gasteiger partial charge >= 0.3 is 0 Å². The third-order valence-corrected chi connectivity index (χ3v) is 3.76. The summed E-state index contributed by atoms with van der Waals surface area (Å²) >= 11 is 0. The monoisotopic (exact) mass is 216 g/mol. The van der Waals surface area contributed by atoms with Crippen LogP contribution in [0.2, 0.25) is 0 Å². The molecule has 0 aliphatic heterocycles. The van der Waals surface area contributed by atoms with E-state index in [1.54, 1.807) is 14.2 Å². The molecule has 3 nitrogen and oxygen atoms in total. The van der Waals surface area contributed by atoms with Crippen molar-refractivity contribution >= 4 is 0 Å². The first-order valence-corrected chi connectivity index (χ1v) is 5.71. The summed E-state index contributed by atoms with van der Waals surface area (Å²) < 4.78 is 16.0. The molecule has 0 aromatic heterocycles. The molecular formula is C12H24O3. The lowest BCUT2D eigenvalue weighted by molar-refractivity contribution is -0.111. The summed E-state index contributed by atoms with van der Waals surface area (Å²) in [6, 6.07) is 0. The Labute approximate surface area is 93.1 Å². The van der Waals surface area contributed by atoms with E-state index >= 15 is 0 Å². The van der Waals surface area contributed by atoms with Crippen LogP contribution in [0.15, 0.2) is 0 Å². The number of rotatable bonds is 7. The lowest BCUT2D eigenvalue weighted by Crippen LogP contribution is -2.15. The van der Waals surface area contributed by atoms with Gasteiger partial charge in [0.15, 0.2) is 6.29 Å². The van der Waals surface area contributed by atoms with Crippen molar-refractivity contribution in [3.63, 3.8) is 0 Å². The van der Waals surface area contributed by atoms with Gasteiger partial charge in [0.2, 0.25) is 0 Å². The molecule has 1 saturated carbocycles. The minimum atomic E-state index is -0.0686. The molecule has 0 radical (unpaired) electrons. The van der Waals surface area contributed by atoms with Gasteiger partial charge in [0.25, 0.3) is 0 Å². The molecule has 0 bridgehead atoms. The Hall–Kier alpha value is -0.120. The Morgan fingerprint density at radius 2 is 1.73 bits per heavy atom. The van der Waals surface area contributed by atoms with Crippen LogP contribution in [-0.2, 0) is 14.2 Å². The van der Waals surface area contributed by atoms with E-state index in [-0.39, 0.29) is 6.29 Å². The van der Waals surface area contributed by atoms with Crippen LogP contribution in [-0.4, -0.2) is 33.7 Å². The third kappa shape index (κ3) is 2.92. The smallest absolute Gasteiger partial charge is 0.157 e. The largest absolute Gasteiger partial charge is 0.381 e. The highest BCUT2D eigenvalue weighted by atomic mass is 16.7. The molecule has 0 amide bonds. The molecule has 1 fully saturated rings. The highest BCUT2D eigenvalue weighted by Gasteiger charge is 2.57. The molecule has 0 saturated heterocycles. The minimum absolute atomic E-state index is 0.0686. The van der Waals surface area contributed by atoms with E-state index < -0.39 is 0 Å². The molecule has 0 aromatic rings. The average Bonchev–Trinajstić information content (AvgIpc) is 2.73. The highest BCUT2D eigenvalue weighted by molar-refractivity contribution is 5.04. The van der Waals surface area contributed by atoms with Gasteiger partial charge in [-0.15, -0.1) is 0 Å². The van der Waals surface area contributed by atoms with Gasteiger partial charge in [-0.1, -0.05) is 13.8 Å². The second kappa shape index (κ2) is 5.28. The normalized spacial score (nSPS) is 28.4. The first-order valence-electron chi connectivity index (χ1n) is 5.71. The molecule has 1 aliphatic carbocycles. The molecule has 3 heteroatoms. The van der Waals surface area contributed by atoms with Gasteiger partial charge < -0.3 is 14.2 Å². The Balaban J connectivity index is 2.36. The van der Waals surface area contributed by atoms with E-state index in [2.05, 4.69) is 13.8 Å². The molecule has 2 atom stereocenters. The Morgan fingerprint density at radius 1 is 1.13 bits per heavy atom. The molecule has 0 unspecified atom stereocenters. The molecule has 1 rings (SSSR count). The van der Waals surface area contributed by atoms with Crippen molar-refractivity contribution in [2.24, 2.45) is 17.3 Å². The van der Waals surface area contributed by atoms with E-state index in [9.17, 15) is 0 Å². The quantitative estimate of drug-likeness (QED) is 0.611. The van der Waals surface area contributed by atoms with E-state index in [1.807, 2.05) is 6.92 Å². The maximum Gasteiger partial charge on any atom is 0.157 e. The molecule has 15 heavy (non-hydrogen) atoms. The first-order chi connectivity index (χ1) is 7.07. The van der Waals surface area contributed by atoms with Crippen LogP contribution in [0.3, 0.4) is 0 Å². The van der Waals surface area contributed by atoms with Gasteiger partial charge in [0, 0.05) is 27.2 Å². The molecule has 0 heterocycles. The second-order valence-electron chi connectivity index (χ2n) is 4.83. The van der Waals surface area contributed by atoms with Crippen molar-refractivity contribution in [2.45, 2.75) is 33.5 Å². The van der Waals surface area contributed by atoms with Crippen LogP contribution in [0.4, 0.5) is 0 Å². The van der Waals surface area contributed by atoms with Gasteiger partial charge in [0.05, 0.1) is 6.61 Å². The summed E-state index contributed by atoms with van der Waals surface area (Å²) in [6.07, 6.45) is 0.901. The van der Waals surface area contributed by atoms with Crippen LogP contribution in [0, 0.1) is 17.3 Å². The molecule has 90 valence electrons. The number of hydrogen-bond acceptors (Lipinski definition) is 3. The molecule has 0 spiro atoms. The van der Waals surface area contributed by atoms with E-state index in [0.717, 1.165) is 19.6 Å². The lowest BCUT2D eigenvalue weighted by atomic mass is 10.1. The summed E-state index contributed by atoms with van der Waals surface area (Å²) in [4.78, 5) is 0. The Bertz CT molecular complexity index is 187. The van der Waals surface area contributed by atoms with Crippen LogP contribution < -0.4 is 0 Å². The Kier molecular flexibility index (Phi) is 4.56. The summed E-state index contributed by atoms with van der Waals surface area (Å²) in [5.41, 5.74) is 0.379. The number of methoxy groups -OCH3 is 2. The maximum atomic E-state index is 5.49. The topological polar surface area (TPSA) is 27.7 Å². The standard InChI is InChI=1S/C12H24O3/c1-6-15-8-10-9(12(10,2)3)7-11(13-4)14-5/h9-11H,6-8H2,1-5H3/t9-,10+/m1/s1. The van der Waals surface area contributed by atoms with Gasteiger partial charge in [0.1, 0.15) is 0 Å². The first kappa shape index (κ1) is 12.9. The zero-order valence-corrected chi connectivity index (χ0v) is 10.6. The van der Waals surface area contributed by atoms with Crippen LogP contribution in [0.5, 0.6) is 0 Å². The van der Waals surface area contributed by atoms with Crippen molar-refractivity contribution in [1.82, 2.24) is 0 Å². The highest BCUT2D eigenvalue weighted by Crippen LogP contribution is 2.60. The van der Waals surface area contributed by atoms with E-state index in [1.165, 1.54) is 0 Å². The van der Waals surface area contributed by atoms with E-state index in [4.69, 9.17) is 14.2 Å². The van der Waals surface area contributed by atoms with Gasteiger partial charge in [-0.2, -0.15) is 0 Å². The third-order valence-electron chi connectivity index (χ3n) is 3.76. The van der Waals surface area contributed by atoms with Crippen molar-refractivity contribution in [2.75, 3.05) is 27.4 Å². The Morgan fingerprint density at radius 3 is 2.20 bits per heavy atom. The minimum Gasteiger partial charge on any atom is -0.381 e. The summed E-state index contributed by atoms with van der Waals surface area (Å²) in [5.74, 6) is 1.32. The zero-order valence-electron chi connectivity index (χ0n) is 10.6. The van der Waals surface area contributed by atoms with Crippen molar-refractivity contribution in [3.05, 3.63) is 0 Å². The predicted molar refractivity (Wildman–Crippen MR) is 59.7 cm³/mol. The lowest BCUT2D eigenvalue weighted by Gasteiger charge is -2.13. The fourth-order valence-electron chi connectivity index (χ4n) is 2.40. The molecule has 0 aromatic carbocycles. The molecular weight excluding hydrogens is 192 g/mol. The van der Waals surface area contributed by atoms with Crippen LogP contribution in [0.25, 0.3) is 0 Å². The average molecular weight is 216 g/mol. The van der Waals surface area contributed by atoms with E-state index in [0.29, 0.717) is 17.3 Å². The fraction of sp³-hybridized carbons (Fsp3) is 1.00. The summed E-state index contributed by atoms with van der Waals surface area (Å²) in [7, 11) is 3.39. The van der Waals surface area contributed by atoms with Crippen molar-refractivity contribution in [3.8, 4) is 0 Å². The summed E-state index contributed by atoms with van der Waals surface area (Å²) in [5, 5.41) is 0. The summed E-state index contributed by atoms with van der Waals surface area (Å²) in [6.45, 7) is 8.30. The molecule has 0 N–H and O–H groups in total. The van der Waals surface area contributed by atoms with Crippen LogP contribution >= 0.6 is 0 Å². The second-order valence-corrected chi connectivity index (χ2v) is 4.83. The SMILES string of the molecule is CCOC[C@H]1[C@@H](CC(OC)OC)C1(C)C. The van der Waals surface area contributed by atoms with Crippen LogP contribution in [0.1, 0.15) is 27.2 Å². The van der Waals surface area contributed by atoms with Gasteiger partial charge in [-0.25, -0.2) is 0 Å². The van der Waals surface area contributed by atoms with Crippen molar-refractivity contribution in [1.29, 1.82) is 0 Å². The predicted octanol–water partition coefficient (Wildman–Crippen LogP) is 2.30. The maximum absolute atomic E-state index is 5.49. The number of ether oxygens (including phenoxy) is 3. The van der Waals surface area contributed by atoms with Crippen molar-refractivity contribution < 1.29 is 14.2 Å². The zero-order chi connectivity index (χ0) is 11.5. The molecule has 1 aliphatic rings.